The molecule has 0 radical (unpaired) electrons. The monoisotopic (exact) mass is 420 g/mol. The van der Waals surface area contributed by atoms with Crippen LogP contribution in [0.3, 0.4) is 0 Å². The Morgan fingerprint density at radius 2 is 1.90 bits per heavy atom. The zero-order chi connectivity index (χ0) is 21.4. The Morgan fingerprint density at radius 1 is 1.03 bits per heavy atom. The molecule has 0 aliphatic carbocycles. The molecule has 0 N–H and O–H groups in total. The van der Waals surface area contributed by atoms with Crippen molar-refractivity contribution in [3.8, 4) is 23.0 Å². The first-order chi connectivity index (χ1) is 15.2. The highest BCUT2D eigenvalue weighted by Crippen LogP contribution is 2.51. The predicted octanol–water partition coefficient (Wildman–Crippen LogP) is 4.94. The molecule has 0 saturated heterocycles. The van der Waals surface area contributed by atoms with Crippen molar-refractivity contribution < 1.29 is 23.4 Å². The summed E-state index contributed by atoms with van der Waals surface area (Å²) in [6, 6.07) is 15.6. The number of furan rings is 1. The smallest absolute Gasteiger partial charge is 0.214 e. The van der Waals surface area contributed by atoms with Gasteiger partial charge in [0.05, 0.1) is 33.1 Å². The molecule has 7 heteroatoms. The van der Waals surface area contributed by atoms with E-state index in [9.17, 15) is 0 Å². The molecule has 160 valence electrons. The molecule has 2 aliphatic heterocycles. The summed E-state index contributed by atoms with van der Waals surface area (Å²) in [4.78, 5) is 0. The highest BCUT2D eigenvalue weighted by atomic mass is 16.5. The number of hydrogen-bond donors (Lipinski definition) is 0. The maximum Gasteiger partial charge on any atom is 0.214 e. The molecule has 0 fully saturated rings. The van der Waals surface area contributed by atoms with Crippen LogP contribution in [0.5, 0.6) is 23.0 Å². The maximum atomic E-state index is 6.52. The van der Waals surface area contributed by atoms with Crippen molar-refractivity contribution in [1.29, 1.82) is 0 Å². The van der Waals surface area contributed by atoms with Gasteiger partial charge in [0.2, 0.25) is 6.23 Å². The van der Waals surface area contributed by atoms with Crippen molar-refractivity contribution in [2.75, 3.05) is 20.8 Å². The van der Waals surface area contributed by atoms with Gasteiger partial charge in [0.1, 0.15) is 11.5 Å². The van der Waals surface area contributed by atoms with Gasteiger partial charge >= 0.3 is 0 Å². The minimum absolute atomic E-state index is 0.00218. The summed E-state index contributed by atoms with van der Waals surface area (Å²) < 4.78 is 28.9. The number of nitrogens with zero attached hydrogens (tertiary/aromatic N) is 2. The van der Waals surface area contributed by atoms with Gasteiger partial charge in [0, 0.05) is 17.5 Å². The molecule has 3 heterocycles. The van der Waals surface area contributed by atoms with Crippen LogP contribution >= 0.6 is 0 Å². The molecule has 31 heavy (non-hydrogen) atoms. The molecule has 0 spiro atoms. The molecular weight excluding hydrogens is 396 g/mol. The number of benzene rings is 2. The van der Waals surface area contributed by atoms with Crippen LogP contribution in [0.4, 0.5) is 0 Å². The van der Waals surface area contributed by atoms with E-state index in [2.05, 4.69) is 6.07 Å². The lowest BCUT2D eigenvalue weighted by Gasteiger charge is -2.38. The predicted molar refractivity (Wildman–Crippen MR) is 115 cm³/mol. The summed E-state index contributed by atoms with van der Waals surface area (Å²) >= 11 is 0. The van der Waals surface area contributed by atoms with Gasteiger partial charge in [-0.1, -0.05) is 12.1 Å². The van der Waals surface area contributed by atoms with Gasteiger partial charge < -0.3 is 23.4 Å². The van der Waals surface area contributed by atoms with Crippen molar-refractivity contribution in [1.82, 2.24) is 5.01 Å². The summed E-state index contributed by atoms with van der Waals surface area (Å²) in [7, 11) is 3.24. The van der Waals surface area contributed by atoms with Crippen LogP contribution in [0, 0.1) is 0 Å². The Morgan fingerprint density at radius 3 is 2.65 bits per heavy atom. The molecule has 7 nitrogen and oxygen atoms in total. The summed E-state index contributed by atoms with van der Waals surface area (Å²) in [6.07, 6.45) is 1.92. The third-order valence-electron chi connectivity index (χ3n) is 5.58. The van der Waals surface area contributed by atoms with Gasteiger partial charge in [-0.05, 0) is 43.3 Å². The number of fused-ring (bicyclic) bond motifs is 3. The lowest BCUT2D eigenvalue weighted by Crippen LogP contribution is -2.34. The molecule has 2 aliphatic rings. The molecule has 5 rings (SSSR count). The van der Waals surface area contributed by atoms with E-state index >= 15 is 0 Å². The Bertz CT molecular complexity index is 1110. The lowest BCUT2D eigenvalue weighted by molar-refractivity contribution is -0.0213. The Balaban J connectivity index is 1.62. The van der Waals surface area contributed by atoms with Gasteiger partial charge in [0.25, 0.3) is 0 Å². The van der Waals surface area contributed by atoms with Crippen LogP contribution in [0.25, 0.3) is 0 Å². The van der Waals surface area contributed by atoms with Crippen molar-refractivity contribution in [3.63, 3.8) is 0 Å². The first kappa shape index (κ1) is 19.4. The van der Waals surface area contributed by atoms with Crippen LogP contribution in [0.1, 0.15) is 42.5 Å². The van der Waals surface area contributed by atoms with Gasteiger partial charge in [-0.2, -0.15) is 5.10 Å². The van der Waals surface area contributed by atoms with E-state index in [1.54, 1.807) is 20.5 Å². The summed E-state index contributed by atoms with van der Waals surface area (Å²) in [5.41, 5.74) is 2.84. The van der Waals surface area contributed by atoms with Crippen LogP contribution in [-0.4, -0.2) is 31.5 Å². The van der Waals surface area contributed by atoms with E-state index in [4.69, 9.17) is 28.5 Å². The van der Waals surface area contributed by atoms with E-state index in [0.717, 1.165) is 34.1 Å². The number of hydrazone groups is 1. The van der Waals surface area contributed by atoms with Gasteiger partial charge in [0.15, 0.2) is 23.0 Å². The minimum atomic E-state index is -0.452. The third-order valence-corrected chi connectivity index (χ3v) is 5.58. The molecule has 0 saturated carbocycles. The summed E-state index contributed by atoms with van der Waals surface area (Å²) in [5, 5.41) is 6.90. The van der Waals surface area contributed by atoms with Gasteiger partial charge in [-0.25, -0.2) is 5.01 Å². The Hall–Kier alpha value is -3.61. The highest BCUT2D eigenvalue weighted by Gasteiger charge is 2.42. The van der Waals surface area contributed by atoms with Crippen LogP contribution in [0.15, 0.2) is 64.3 Å². The first-order valence-corrected chi connectivity index (χ1v) is 10.3. The SMILES string of the molecule is CCOc1cccc2c1O[C@H](c1ccc(OC)c(OC)c1)N1N=C(c3ccco3)C[C@H]21. The number of ether oxygens (including phenoxy) is 4. The quantitative estimate of drug-likeness (QED) is 0.563. The van der Waals surface area contributed by atoms with E-state index in [1.165, 1.54) is 0 Å². The fraction of sp³-hybridized carbons (Fsp3) is 0.292. The maximum absolute atomic E-state index is 6.52. The largest absolute Gasteiger partial charge is 0.493 e. The van der Waals surface area contributed by atoms with E-state index < -0.39 is 6.23 Å². The zero-order valence-corrected chi connectivity index (χ0v) is 17.7. The molecule has 3 aromatic rings. The third kappa shape index (κ3) is 3.26. The molecule has 0 bridgehead atoms. The van der Waals surface area contributed by atoms with E-state index in [0.29, 0.717) is 24.5 Å². The van der Waals surface area contributed by atoms with Crippen molar-refractivity contribution in [2.24, 2.45) is 5.10 Å². The van der Waals surface area contributed by atoms with E-state index in [1.807, 2.05) is 54.4 Å². The van der Waals surface area contributed by atoms with Crippen molar-refractivity contribution in [2.45, 2.75) is 25.6 Å². The number of rotatable bonds is 6. The summed E-state index contributed by atoms with van der Waals surface area (Å²) in [6.45, 7) is 2.53. The molecule has 2 aromatic carbocycles. The Kier molecular flexibility index (Phi) is 4.94. The Labute approximate surface area is 180 Å². The van der Waals surface area contributed by atoms with Crippen molar-refractivity contribution in [3.05, 3.63) is 71.7 Å². The standard InChI is InChI=1S/C24H24N2O5/c1-4-29-21-8-5-7-16-18-14-17(19-9-6-12-30-19)25-26(18)24(31-23(16)21)15-10-11-20(27-2)22(13-15)28-3/h5-13,18,24H,4,14H2,1-3H3/t18-,24-/m1/s1. The summed E-state index contributed by atoms with van der Waals surface area (Å²) in [5.74, 6) is 3.55. The van der Waals surface area contributed by atoms with Crippen LogP contribution < -0.4 is 18.9 Å². The number of hydrogen-bond acceptors (Lipinski definition) is 7. The fourth-order valence-electron chi connectivity index (χ4n) is 4.17. The van der Waals surface area contributed by atoms with Gasteiger partial charge in [-0.15, -0.1) is 0 Å². The number of para-hydroxylation sites is 1. The highest BCUT2D eigenvalue weighted by molar-refractivity contribution is 5.99. The van der Waals surface area contributed by atoms with Crippen LogP contribution in [0.2, 0.25) is 0 Å². The molecule has 0 amide bonds. The lowest BCUT2D eigenvalue weighted by atomic mass is 9.97. The molecule has 2 atom stereocenters. The van der Waals surface area contributed by atoms with Crippen LogP contribution in [-0.2, 0) is 0 Å². The molecule has 0 unspecified atom stereocenters. The van der Waals surface area contributed by atoms with Crippen molar-refractivity contribution >= 4 is 5.71 Å². The van der Waals surface area contributed by atoms with Gasteiger partial charge in [-0.3, -0.25) is 0 Å². The second-order valence-corrected chi connectivity index (χ2v) is 7.32. The van der Waals surface area contributed by atoms with E-state index in [-0.39, 0.29) is 6.04 Å². The number of methoxy groups -OCH3 is 2. The zero-order valence-electron chi connectivity index (χ0n) is 17.7. The molecule has 1 aromatic heterocycles. The fourth-order valence-corrected chi connectivity index (χ4v) is 4.17. The molecular formula is C24H24N2O5. The normalized spacial score (nSPS) is 19.2. The average molecular weight is 420 g/mol. The average Bonchev–Trinajstić information content (AvgIpc) is 3.48. The second-order valence-electron chi connectivity index (χ2n) is 7.32. The minimum Gasteiger partial charge on any atom is -0.493 e. The first-order valence-electron chi connectivity index (χ1n) is 10.3. The topological polar surface area (TPSA) is 65.7 Å². The second kappa shape index (κ2) is 7.91.